The minimum atomic E-state index is -0.788. The summed E-state index contributed by atoms with van der Waals surface area (Å²) < 4.78 is 27.4. The van der Waals surface area contributed by atoms with Gasteiger partial charge >= 0.3 is 6.03 Å². The fourth-order valence-corrected chi connectivity index (χ4v) is 4.27. The minimum absolute atomic E-state index is 0.0259. The van der Waals surface area contributed by atoms with Gasteiger partial charge in [0.2, 0.25) is 0 Å². The maximum Gasteiger partial charge on any atom is 0.322 e. The molecule has 0 radical (unpaired) electrons. The molecule has 3 aromatic rings. The van der Waals surface area contributed by atoms with Crippen LogP contribution in [0.5, 0.6) is 0 Å². The fourth-order valence-electron chi connectivity index (χ4n) is 4.27. The Bertz CT molecular complexity index is 1080. The standard InChI is InChI=1S/C25H24F2N2O/c1-16-10-17(2)22-14-21(12-19(22)11-16)29(15-18-6-4-3-5-7-18)25(30)28-24-9-8-20(26)13-23(24)27/h3-11,13,21H,12,14-15H2,1-2H3,(H,28,30). The van der Waals surface area contributed by atoms with Gasteiger partial charge in [-0.15, -0.1) is 0 Å². The number of fused-ring (bicyclic) bond motifs is 1. The van der Waals surface area contributed by atoms with Crippen LogP contribution in [-0.2, 0) is 19.4 Å². The number of nitrogens with zero attached hydrogens (tertiary/aromatic N) is 1. The van der Waals surface area contributed by atoms with Crippen LogP contribution >= 0.6 is 0 Å². The summed E-state index contributed by atoms with van der Waals surface area (Å²) in [6, 6.07) is 16.8. The zero-order valence-corrected chi connectivity index (χ0v) is 17.1. The fraction of sp³-hybridized carbons (Fsp3) is 0.240. The molecule has 0 saturated heterocycles. The number of hydrogen-bond donors (Lipinski definition) is 1. The summed E-state index contributed by atoms with van der Waals surface area (Å²) in [5.41, 5.74) is 5.95. The van der Waals surface area contributed by atoms with E-state index in [0.717, 1.165) is 30.5 Å². The van der Waals surface area contributed by atoms with Crippen molar-refractivity contribution < 1.29 is 13.6 Å². The summed E-state index contributed by atoms with van der Waals surface area (Å²) in [6.07, 6.45) is 1.51. The summed E-state index contributed by atoms with van der Waals surface area (Å²) >= 11 is 0. The molecule has 2 amide bonds. The van der Waals surface area contributed by atoms with Gasteiger partial charge in [0.1, 0.15) is 11.6 Å². The van der Waals surface area contributed by atoms with Crippen molar-refractivity contribution in [3.63, 3.8) is 0 Å². The Balaban J connectivity index is 1.61. The van der Waals surface area contributed by atoms with Crippen molar-refractivity contribution in [3.8, 4) is 0 Å². The molecule has 4 rings (SSSR count). The van der Waals surface area contributed by atoms with Gasteiger partial charge in [-0.3, -0.25) is 0 Å². The van der Waals surface area contributed by atoms with Gasteiger partial charge in [0.15, 0.2) is 0 Å². The number of benzene rings is 3. The average molecular weight is 406 g/mol. The van der Waals surface area contributed by atoms with Crippen LogP contribution < -0.4 is 5.32 Å². The highest BCUT2D eigenvalue weighted by molar-refractivity contribution is 5.89. The second-order valence-electron chi connectivity index (χ2n) is 7.95. The molecule has 3 aromatic carbocycles. The molecular weight excluding hydrogens is 382 g/mol. The molecule has 0 fully saturated rings. The van der Waals surface area contributed by atoms with E-state index in [4.69, 9.17) is 0 Å². The molecule has 154 valence electrons. The molecule has 0 bridgehead atoms. The van der Waals surface area contributed by atoms with Crippen LogP contribution in [0.25, 0.3) is 0 Å². The lowest BCUT2D eigenvalue weighted by molar-refractivity contribution is 0.185. The molecule has 0 saturated carbocycles. The summed E-state index contributed by atoms with van der Waals surface area (Å²) in [4.78, 5) is 15.0. The lowest BCUT2D eigenvalue weighted by Gasteiger charge is -2.29. The normalized spacial score (nSPS) is 15.0. The van der Waals surface area contributed by atoms with Crippen LogP contribution in [0.3, 0.4) is 0 Å². The smallest absolute Gasteiger partial charge is 0.317 e. The van der Waals surface area contributed by atoms with Crippen LogP contribution in [0.15, 0.2) is 60.7 Å². The molecule has 5 heteroatoms. The largest absolute Gasteiger partial charge is 0.322 e. The van der Waals surface area contributed by atoms with E-state index < -0.39 is 17.7 Å². The molecule has 0 aliphatic heterocycles. The molecule has 1 N–H and O–H groups in total. The lowest BCUT2D eigenvalue weighted by Crippen LogP contribution is -2.43. The molecular formula is C25H24F2N2O. The maximum absolute atomic E-state index is 14.1. The number of rotatable bonds is 4. The second-order valence-corrected chi connectivity index (χ2v) is 7.95. The van der Waals surface area contributed by atoms with E-state index in [0.29, 0.717) is 6.54 Å². The molecule has 1 atom stereocenters. The Hall–Kier alpha value is -3.21. The van der Waals surface area contributed by atoms with Crippen LogP contribution in [0.4, 0.5) is 19.3 Å². The Labute approximate surface area is 175 Å². The summed E-state index contributed by atoms with van der Waals surface area (Å²) in [6.45, 7) is 4.59. The predicted molar refractivity (Wildman–Crippen MR) is 114 cm³/mol. The summed E-state index contributed by atoms with van der Waals surface area (Å²) in [5.74, 6) is -1.46. The first-order chi connectivity index (χ1) is 14.4. The number of halogens is 2. The third-order valence-electron chi connectivity index (χ3n) is 5.68. The van der Waals surface area contributed by atoms with Crippen molar-refractivity contribution in [1.82, 2.24) is 4.90 Å². The van der Waals surface area contributed by atoms with Crippen molar-refractivity contribution in [2.45, 2.75) is 39.3 Å². The van der Waals surface area contributed by atoms with Gasteiger partial charge in [-0.25, -0.2) is 13.6 Å². The highest BCUT2D eigenvalue weighted by atomic mass is 19.1. The molecule has 30 heavy (non-hydrogen) atoms. The SMILES string of the molecule is Cc1cc(C)c2c(c1)CC(N(Cc1ccccc1)C(=O)Nc1ccc(F)cc1F)C2. The number of carbonyl (C=O) groups excluding carboxylic acids is 1. The quantitative estimate of drug-likeness (QED) is 0.585. The number of carbonyl (C=O) groups is 1. The Morgan fingerprint density at radius 1 is 1.03 bits per heavy atom. The third kappa shape index (κ3) is 4.20. The van der Waals surface area contributed by atoms with Gasteiger partial charge in [0.05, 0.1) is 5.69 Å². The third-order valence-corrected chi connectivity index (χ3v) is 5.68. The first-order valence-corrected chi connectivity index (χ1v) is 10.1. The molecule has 0 heterocycles. The van der Waals surface area contributed by atoms with E-state index in [9.17, 15) is 13.6 Å². The number of hydrogen-bond acceptors (Lipinski definition) is 1. The van der Waals surface area contributed by atoms with E-state index in [2.05, 4.69) is 31.3 Å². The molecule has 1 unspecified atom stereocenters. The Morgan fingerprint density at radius 2 is 1.80 bits per heavy atom. The highest BCUT2D eigenvalue weighted by Gasteiger charge is 2.31. The minimum Gasteiger partial charge on any atom is -0.317 e. The molecule has 1 aliphatic rings. The van der Waals surface area contributed by atoms with Crippen molar-refractivity contribution >= 4 is 11.7 Å². The zero-order chi connectivity index (χ0) is 21.3. The predicted octanol–water partition coefficient (Wildman–Crippen LogP) is 5.78. The van der Waals surface area contributed by atoms with Crippen molar-refractivity contribution in [2.24, 2.45) is 0 Å². The molecule has 0 spiro atoms. The monoisotopic (exact) mass is 406 g/mol. The van der Waals surface area contributed by atoms with E-state index in [-0.39, 0.29) is 11.7 Å². The van der Waals surface area contributed by atoms with Crippen LogP contribution in [0, 0.1) is 25.5 Å². The van der Waals surface area contributed by atoms with Crippen molar-refractivity contribution in [2.75, 3.05) is 5.32 Å². The van der Waals surface area contributed by atoms with Crippen LogP contribution in [0.2, 0.25) is 0 Å². The van der Waals surface area contributed by atoms with Gasteiger partial charge in [0, 0.05) is 18.7 Å². The molecule has 0 aromatic heterocycles. The molecule has 3 nitrogen and oxygen atoms in total. The van der Waals surface area contributed by atoms with Crippen molar-refractivity contribution in [3.05, 3.63) is 100 Å². The van der Waals surface area contributed by atoms with Gasteiger partial charge in [-0.1, -0.05) is 48.0 Å². The maximum atomic E-state index is 14.1. The number of amides is 2. The van der Waals surface area contributed by atoms with Crippen molar-refractivity contribution in [1.29, 1.82) is 0 Å². The highest BCUT2D eigenvalue weighted by Crippen LogP contribution is 2.31. The number of aryl methyl sites for hydroxylation is 2. The van der Waals surface area contributed by atoms with E-state index in [1.807, 2.05) is 30.3 Å². The van der Waals surface area contributed by atoms with E-state index in [1.54, 1.807) is 4.90 Å². The summed E-state index contributed by atoms with van der Waals surface area (Å²) in [5, 5.41) is 2.63. The summed E-state index contributed by atoms with van der Waals surface area (Å²) in [7, 11) is 0. The van der Waals surface area contributed by atoms with Crippen LogP contribution in [-0.4, -0.2) is 17.0 Å². The average Bonchev–Trinajstić information content (AvgIpc) is 3.13. The molecule has 1 aliphatic carbocycles. The zero-order valence-electron chi connectivity index (χ0n) is 17.1. The topological polar surface area (TPSA) is 32.3 Å². The van der Waals surface area contributed by atoms with Gasteiger partial charge in [0.25, 0.3) is 0 Å². The first-order valence-electron chi connectivity index (χ1n) is 10.1. The van der Waals surface area contributed by atoms with Gasteiger partial charge in [-0.2, -0.15) is 0 Å². The lowest BCUT2D eigenvalue weighted by atomic mass is 10.0. The van der Waals surface area contributed by atoms with E-state index in [1.165, 1.54) is 28.3 Å². The number of anilines is 1. The van der Waals surface area contributed by atoms with Crippen LogP contribution in [0.1, 0.15) is 27.8 Å². The second kappa shape index (κ2) is 8.27. The Morgan fingerprint density at radius 3 is 2.53 bits per heavy atom. The van der Waals surface area contributed by atoms with Gasteiger partial charge in [-0.05, 0) is 61.1 Å². The van der Waals surface area contributed by atoms with Gasteiger partial charge < -0.3 is 10.2 Å². The number of nitrogens with one attached hydrogen (secondary N) is 1. The van der Waals surface area contributed by atoms with E-state index >= 15 is 0 Å². The first kappa shape index (κ1) is 20.1. The number of urea groups is 1. The Kier molecular flexibility index (Phi) is 5.53.